The highest BCUT2D eigenvalue weighted by atomic mass is 16.5. The summed E-state index contributed by atoms with van der Waals surface area (Å²) in [5, 5.41) is 13.4. The second kappa shape index (κ2) is 33.6. The van der Waals surface area contributed by atoms with Gasteiger partial charge in [-0.15, -0.1) is 0 Å². The van der Waals surface area contributed by atoms with Crippen LogP contribution in [0, 0.1) is 5.92 Å². The van der Waals surface area contributed by atoms with Gasteiger partial charge in [0.1, 0.15) is 18.7 Å². The fourth-order valence-electron chi connectivity index (χ4n) is 11.3. The first-order valence-corrected chi connectivity index (χ1v) is 33.4. The smallest absolute Gasteiger partial charge is 0.413 e. The van der Waals surface area contributed by atoms with Crippen molar-refractivity contribution in [2.75, 3.05) is 115 Å². The number of ether oxygens (including phenoxy) is 5. The van der Waals surface area contributed by atoms with E-state index in [1.54, 1.807) is 56.2 Å². The number of carbonyl (C=O) groups is 4. The molecule has 101 heavy (non-hydrogen) atoms. The lowest BCUT2D eigenvalue weighted by Gasteiger charge is -2.26. The number of hydrogen-bond acceptors (Lipinski definition) is 20. The van der Waals surface area contributed by atoms with Crippen molar-refractivity contribution in [3.8, 4) is 67.9 Å². The van der Waals surface area contributed by atoms with Crippen molar-refractivity contribution in [3.63, 3.8) is 0 Å². The first-order valence-electron chi connectivity index (χ1n) is 33.4. The molecular weight excluding hydrogens is 1290 g/mol. The number of benzene rings is 3. The molecule has 3 aromatic carbocycles. The molecule has 0 saturated carbocycles. The number of carbonyl (C=O) groups excluding carboxylic acids is 4. The zero-order chi connectivity index (χ0) is 69.9. The molecule has 3 aliphatic rings. The van der Waals surface area contributed by atoms with Crippen LogP contribution in [0.15, 0.2) is 159 Å². The highest BCUT2D eigenvalue weighted by molar-refractivity contribution is 6.06. The number of fused-ring (bicyclic) bond motifs is 3. The predicted octanol–water partition coefficient (Wildman–Crippen LogP) is 10.8. The van der Waals surface area contributed by atoms with Crippen LogP contribution in [0.1, 0.15) is 33.3 Å². The van der Waals surface area contributed by atoms with Gasteiger partial charge in [-0.2, -0.15) is 0 Å². The number of aromatic nitrogens is 12. The summed E-state index contributed by atoms with van der Waals surface area (Å²) in [7, 11) is 0. The number of urea groups is 2. The van der Waals surface area contributed by atoms with E-state index in [1.165, 1.54) is 0 Å². The number of pyridine rings is 4. The Morgan fingerprint density at radius 1 is 0.535 bits per heavy atom. The number of aromatic amines is 3. The molecule has 2 fully saturated rings. The number of allylic oxidation sites excluding steroid dienone is 4. The van der Waals surface area contributed by atoms with Gasteiger partial charge in [0, 0.05) is 135 Å². The molecule has 14 rings (SSSR count). The van der Waals surface area contributed by atoms with Crippen molar-refractivity contribution in [2.24, 2.45) is 5.92 Å². The summed E-state index contributed by atoms with van der Waals surface area (Å²) in [6.07, 6.45) is 15.3. The quantitative estimate of drug-likeness (QED) is 0.0351. The molecule has 10 heterocycles. The first-order chi connectivity index (χ1) is 49.4. The van der Waals surface area contributed by atoms with Crippen LogP contribution < -0.4 is 36.1 Å². The maximum Gasteiger partial charge on any atom is 0.413 e. The third kappa shape index (κ3) is 18.1. The minimum Gasteiger partial charge on any atom is -0.476 e. The lowest BCUT2D eigenvalue weighted by molar-refractivity contribution is -0.116. The number of imidazole rings is 3. The lowest BCUT2D eigenvalue weighted by atomic mass is 9.92. The molecule has 28 nitrogen and oxygen atoms in total. The maximum atomic E-state index is 12.2. The number of H-pyrrole nitrogens is 3. The van der Waals surface area contributed by atoms with Crippen molar-refractivity contribution in [1.82, 2.24) is 80.2 Å². The Hall–Kier alpha value is -11.9. The normalized spacial score (nSPS) is 14.6. The molecule has 5 amide bonds. The number of nitrogens with zero attached hydrogens (tertiary/aromatic N) is 11. The third-order valence-electron chi connectivity index (χ3n) is 16.4. The molecule has 1 aliphatic carbocycles. The largest absolute Gasteiger partial charge is 0.476 e. The Labute approximate surface area is 581 Å². The Kier molecular flexibility index (Phi) is 23.0. The van der Waals surface area contributed by atoms with Crippen molar-refractivity contribution >= 4 is 80.5 Å². The summed E-state index contributed by atoms with van der Waals surface area (Å²) in [5.74, 6) is 2.61. The average Bonchev–Trinajstić information content (AvgIpc) is 1.70. The molecule has 1 atom stereocenters. The maximum absolute atomic E-state index is 12.2. The molecule has 518 valence electrons. The highest BCUT2D eigenvalue weighted by Crippen LogP contribution is 2.37. The molecule has 0 spiro atoms. The van der Waals surface area contributed by atoms with Crippen LogP contribution >= 0.6 is 0 Å². The second-order valence-corrected chi connectivity index (χ2v) is 23.4. The number of morpholine rings is 2. The van der Waals surface area contributed by atoms with E-state index in [0.717, 1.165) is 138 Å². The second-order valence-electron chi connectivity index (χ2n) is 23.4. The van der Waals surface area contributed by atoms with Gasteiger partial charge in [0.25, 0.3) is 0 Å². The fraction of sp³-hybridized carbons (Fsp3) is 0.274. The van der Waals surface area contributed by atoms with Gasteiger partial charge < -0.3 is 49.3 Å². The van der Waals surface area contributed by atoms with Gasteiger partial charge in [-0.05, 0) is 128 Å². The van der Waals surface area contributed by atoms with E-state index in [1.807, 2.05) is 130 Å². The monoisotopic (exact) mass is 1360 g/mol. The van der Waals surface area contributed by atoms with E-state index in [4.69, 9.17) is 23.7 Å². The topological polar surface area (TPSA) is 344 Å². The zero-order valence-corrected chi connectivity index (χ0v) is 56.3. The van der Waals surface area contributed by atoms with Crippen LogP contribution in [0.2, 0.25) is 0 Å². The zero-order valence-electron chi connectivity index (χ0n) is 56.3. The first kappa shape index (κ1) is 69.1. The van der Waals surface area contributed by atoms with E-state index in [9.17, 15) is 19.2 Å². The Morgan fingerprint density at radius 3 is 1.45 bits per heavy atom. The van der Waals surface area contributed by atoms with Crippen LogP contribution in [0.4, 0.5) is 32.2 Å². The summed E-state index contributed by atoms with van der Waals surface area (Å²) in [4.78, 5) is 102. The number of amides is 5. The average molecular weight is 1360 g/mol. The van der Waals surface area contributed by atoms with Crippen LogP contribution in [-0.2, 0) is 19.0 Å². The van der Waals surface area contributed by atoms with E-state index in [0.29, 0.717) is 83.8 Å². The summed E-state index contributed by atoms with van der Waals surface area (Å²) in [5.41, 5.74) is 13.6. The summed E-state index contributed by atoms with van der Waals surface area (Å²) >= 11 is 0. The van der Waals surface area contributed by atoms with Gasteiger partial charge in [-0.1, -0.05) is 31.2 Å². The summed E-state index contributed by atoms with van der Waals surface area (Å²) in [6.45, 7) is 18.3. The summed E-state index contributed by atoms with van der Waals surface area (Å²) in [6, 6.07) is 32.1. The molecule has 0 bridgehead atoms. The van der Waals surface area contributed by atoms with Gasteiger partial charge in [-0.25, -0.2) is 49.3 Å². The molecule has 0 radical (unpaired) electrons. The van der Waals surface area contributed by atoms with Gasteiger partial charge in [0.05, 0.1) is 72.0 Å². The van der Waals surface area contributed by atoms with Gasteiger partial charge in [-0.3, -0.25) is 40.5 Å². The van der Waals surface area contributed by atoms with Gasteiger partial charge >= 0.3 is 18.2 Å². The molecule has 11 aromatic rings. The van der Waals surface area contributed by atoms with Gasteiger partial charge in [0.15, 0.2) is 11.6 Å². The lowest BCUT2D eigenvalue weighted by Crippen LogP contribution is -2.38. The van der Waals surface area contributed by atoms with Crippen molar-refractivity contribution < 1.29 is 42.9 Å². The van der Waals surface area contributed by atoms with E-state index in [-0.39, 0.29) is 30.4 Å². The Morgan fingerprint density at radius 2 is 1.00 bits per heavy atom. The molecule has 28 heteroatoms. The Balaban J connectivity index is 0.000000144. The number of hydrogen-bond donors (Lipinski definition) is 8. The summed E-state index contributed by atoms with van der Waals surface area (Å²) < 4.78 is 27.4. The predicted molar refractivity (Wildman–Crippen MR) is 385 cm³/mol. The van der Waals surface area contributed by atoms with E-state index in [2.05, 4.69) is 96.2 Å². The third-order valence-corrected chi connectivity index (χ3v) is 16.4. The highest BCUT2D eigenvalue weighted by Gasteiger charge is 2.22. The molecule has 2 aliphatic heterocycles. The van der Waals surface area contributed by atoms with Gasteiger partial charge in [0.2, 0.25) is 29.6 Å². The molecular formula is C73H77N19O9. The van der Waals surface area contributed by atoms with Crippen LogP contribution in [-0.4, -0.2) is 192 Å². The van der Waals surface area contributed by atoms with Crippen molar-refractivity contribution in [3.05, 3.63) is 164 Å². The molecule has 1 unspecified atom stereocenters. The number of anilines is 3. The number of ketones is 1. The Bertz CT molecular complexity index is 4490. The molecule has 2 saturated heterocycles. The number of rotatable bonds is 20. The fourth-order valence-corrected chi connectivity index (χ4v) is 11.3. The molecule has 8 N–H and O–H groups in total. The van der Waals surface area contributed by atoms with Crippen LogP contribution in [0.3, 0.4) is 0 Å². The minimum absolute atomic E-state index is 0.0586. The van der Waals surface area contributed by atoms with Crippen LogP contribution in [0.25, 0.3) is 94.8 Å². The minimum atomic E-state index is -0.565. The standard InChI is InChI=1S/C26H29N7O3.C26H28N6O4.C21H20N6O2/c1-2-27-26(34)32-25-30-22-16-19(15-20(24(22)31-25)21-5-3-4-8-28-21)18-6-7-23(29-17-18)36-14-11-33-9-12-35-13-10-33;1-2-35-26(33)31-25-29-22-16-19(15-20(24(22)30-25)21-5-3-4-8-27-21)18-6-7-23(28-17-18)36-14-11-32-9-12-34-13-10-32;1-3-22-21(29)27-20-25-16-10-14(13-6-5-12(2)17(28)11-13)9-15(18(16)26-20)19-23-7-4-8-24-19/h3-8,15-17H,2,9-14H2,1H3,(H3,27,30,31,32,34);3-8,15-17H,2,9-14H2,1H3,(H2,29,30,31,33);4-12H,3H2,1-2H3,(H3,22,25,26,27,29). The van der Waals surface area contributed by atoms with Crippen molar-refractivity contribution in [2.45, 2.75) is 27.7 Å². The van der Waals surface area contributed by atoms with E-state index >= 15 is 0 Å². The van der Waals surface area contributed by atoms with E-state index < -0.39 is 6.09 Å². The SMILES string of the molecule is CCNC(=O)Nc1nc2c(-c3ccccn3)cc(-c3ccc(OCCN4CCOCC4)nc3)cc2[nH]1.CCNC(=O)Nc1nc2c(-c3ncccn3)cc(C3=CC(=O)C(C)C=C3)cc2[nH]1.CCOC(=O)Nc1nc2c(-c3ccccn3)cc(-c3ccc(OCCN4CCOCC4)nc3)cc2[nH]1. The van der Waals surface area contributed by atoms with Crippen LogP contribution in [0.5, 0.6) is 11.8 Å². The van der Waals surface area contributed by atoms with Crippen molar-refractivity contribution in [1.29, 1.82) is 0 Å². The molecule has 8 aromatic heterocycles. The number of nitrogens with one attached hydrogen (secondary N) is 8.